The molecule has 0 aliphatic carbocycles. The van der Waals surface area contributed by atoms with Crippen molar-refractivity contribution >= 4 is 11.4 Å². The first kappa shape index (κ1) is 13.8. The highest BCUT2D eigenvalue weighted by Crippen LogP contribution is 2.39. The van der Waals surface area contributed by atoms with Crippen molar-refractivity contribution in [2.24, 2.45) is 11.7 Å². The van der Waals surface area contributed by atoms with E-state index in [4.69, 9.17) is 5.73 Å². The standard InChI is InChI=1S/C16H23N5/c1-10(2)6-7-11(3)21-15(17)14-13(9-19-20-14)12-5-4-8-18-16(12)21/h4-5,8-11,19-20H,6-7,17H2,1-3H3. The van der Waals surface area contributed by atoms with Crippen LogP contribution in [0.25, 0.3) is 5.57 Å². The molecule has 0 bridgehead atoms. The number of nitrogens with zero attached hydrogens (tertiary/aromatic N) is 2. The minimum absolute atomic E-state index is 0.317. The van der Waals surface area contributed by atoms with Crippen LogP contribution in [0.1, 0.15) is 39.2 Å². The summed E-state index contributed by atoms with van der Waals surface area (Å²) in [4.78, 5) is 6.73. The molecule has 4 N–H and O–H groups in total. The van der Waals surface area contributed by atoms with Gasteiger partial charge in [0, 0.05) is 29.6 Å². The Labute approximate surface area is 125 Å². The molecule has 1 aromatic heterocycles. The number of nitrogens with two attached hydrogens (primary N) is 1. The predicted molar refractivity (Wildman–Crippen MR) is 85.7 cm³/mol. The third-order valence-corrected chi connectivity index (χ3v) is 4.11. The number of hydrogen-bond donors (Lipinski definition) is 3. The number of anilines is 1. The van der Waals surface area contributed by atoms with E-state index in [0.29, 0.717) is 12.0 Å². The van der Waals surface area contributed by atoms with Crippen LogP contribution >= 0.6 is 0 Å². The lowest BCUT2D eigenvalue weighted by Gasteiger charge is -2.36. The number of rotatable bonds is 4. The van der Waals surface area contributed by atoms with Gasteiger partial charge in [0.15, 0.2) is 0 Å². The number of aromatic nitrogens is 1. The Morgan fingerprint density at radius 1 is 1.29 bits per heavy atom. The Kier molecular flexibility index (Phi) is 3.49. The predicted octanol–water partition coefficient (Wildman–Crippen LogP) is 2.30. The summed E-state index contributed by atoms with van der Waals surface area (Å²) in [7, 11) is 0. The molecular weight excluding hydrogens is 262 g/mol. The fraction of sp³-hybridized carbons (Fsp3) is 0.438. The minimum atomic E-state index is 0.317. The second kappa shape index (κ2) is 5.31. The van der Waals surface area contributed by atoms with Gasteiger partial charge in [-0.2, -0.15) is 0 Å². The van der Waals surface area contributed by atoms with E-state index in [0.717, 1.165) is 34.9 Å². The summed E-state index contributed by atoms with van der Waals surface area (Å²) in [5, 5.41) is 0. The van der Waals surface area contributed by atoms with E-state index in [1.165, 1.54) is 6.42 Å². The molecule has 0 spiro atoms. The van der Waals surface area contributed by atoms with Crippen LogP contribution in [0.4, 0.5) is 5.82 Å². The van der Waals surface area contributed by atoms with Gasteiger partial charge < -0.3 is 16.1 Å². The maximum absolute atomic E-state index is 6.41. The van der Waals surface area contributed by atoms with Crippen LogP contribution in [-0.4, -0.2) is 11.0 Å². The Hall–Kier alpha value is -2.17. The van der Waals surface area contributed by atoms with Gasteiger partial charge in [-0.1, -0.05) is 13.8 Å². The molecule has 2 aliphatic heterocycles. The molecule has 1 unspecified atom stereocenters. The van der Waals surface area contributed by atoms with E-state index in [1.807, 2.05) is 18.5 Å². The Morgan fingerprint density at radius 3 is 2.86 bits per heavy atom. The zero-order chi connectivity index (χ0) is 15.0. The highest BCUT2D eigenvalue weighted by Gasteiger charge is 2.32. The number of nitrogens with one attached hydrogen (secondary N) is 2. The van der Waals surface area contributed by atoms with E-state index in [-0.39, 0.29) is 0 Å². The molecule has 2 aliphatic rings. The molecule has 3 heterocycles. The second-order valence-corrected chi connectivity index (χ2v) is 6.15. The van der Waals surface area contributed by atoms with E-state index >= 15 is 0 Å². The maximum atomic E-state index is 6.41. The molecule has 5 heteroatoms. The first-order chi connectivity index (χ1) is 10.1. The molecule has 0 aromatic carbocycles. The number of hydrogen-bond acceptors (Lipinski definition) is 5. The van der Waals surface area contributed by atoms with Crippen LogP contribution in [0.3, 0.4) is 0 Å². The van der Waals surface area contributed by atoms with Crippen LogP contribution in [0, 0.1) is 5.92 Å². The van der Waals surface area contributed by atoms with Crippen molar-refractivity contribution in [1.82, 2.24) is 15.8 Å². The monoisotopic (exact) mass is 285 g/mol. The van der Waals surface area contributed by atoms with Crippen molar-refractivity contribution in [2.75, 3.05) is 4.90 Å². The summed E-state index contributed by atoms with van der Waals surface area (Å²) in [5.74, 6) is 2.39. The molecule has 21 heavy (non-hydrogen) atoms. The van der Waals surface area contributed by atoms with Crippen LogP contribution in [0.2, 0.25) is 0 Å². The number of fused-ring (bicyclic) bond motifs is 3. The van der Waals surface area contributed by atoms with Gasteiger partial charge in [0.1, 0.15) is 17.3 Å². The Morgan fingerprint density at radius 2 is 2.10 bits per heavy atom. The molecule has 0 amide bonds. The van der Waals surface area contributed by atoms with Gasteiger partial charge in [-0.3, -0.25) is 5.43 Å². The lowest BCUT2D eigenvalue weighted by molar-refractivity contribution is 0.499. The van der Waals surface area contributed by atoms with E-state index in [9.17, 15) is 0 Å². The summed E-state index contributed by atoms with van der Waals surface area (Å²) >= 11 is 0. The molecule has 0 fully saturated rings. The van der Waals surface area contributed by atoms with Gasteiger partial charge in [-0.05, 0) is 37.8 Å². The smallest absolute Gasteiger partial charge is 0.142 e. The highest BCUT2D eigenvalue weighted by atomic mass is 15.4. The van der Waals surface area contributed by atoms with Crippen molar-refractivity contribution in [1.29, 1.82) is 0 Å². The molecule has 0 radical (unpaired) electrons. The molecule has 1 aromatic rings. The van der Waals surface area contributed by atoms with Crippen molar-refractivity contribution in [3.63, 3.8) is 0 Å². The largest absolute Gasteiger partial charge is 0.383 e. The number of allylic oxidation sites excluding steroid dienone is 1. The molecule has 0 saturated carbocycles. The van der Waals surface area contributed by atoms with Crippen LogP contribution < -0.4 is 21.5 Å². The third-order valence-electron chi connectivity index (χ3n) is 4.11. The van der Waals surface area contributed by atoms with E-state index < -0.39 is 0 Å². The summed E-state index contributed by atoms with van der Waals surface area (Å²) < 4.78 is 0. The van der Waals surface area contributed by atoms with Gasteiger partial charge >= 0.3 is 0 Å². The lowest BCUT2D eigenvalue weighted by atomic mass is 9.97. The van der Waals surface area contributed by atoms with Gasteiger partial charge in [-0.15, -0.1) is 0 Å². The van der Waals surface area contributed by atoms with Gasteiger partial charge in [0.05, 0.1) is 0 Å². The quantitative estimate of drug-likeness (QED) is 0.792. The summed E-state index contributed by atoms with van der Waals surface area (Å²) in [6, 6.07) is 4.38. The SMILES string of the molecule is CC(C)CCC(C)N1C(N)=C2NNC=C2c2cccnc21. The molecular formula is C16H23N5. The van der Waals surface area contributed by atoms with E-state index in [1.54, 1.807) is 0 Å². The fourth-order valence-corrected chi connectivity index (χ4v) is 2.92. The van der Waals surface area contributed by atoms with Gasteiger partial charge in [-0.25, -0.2) is 4.98 Å². The maximum Gasteiger partial charge on any atom is 0.142 e. The average Bonchev–Trinajstić information content (AvgIpc) is 2.95. The van der Waals surface area contributed by atoms with Crippen LogP contribution in [0.15, 0.2) is 36.0 Å². The molecule has 3 rings (SSSR count). The van der Waals surface area contributed by atoms with Crippen molar-refractivity contribution in [3.05, 3.63) is 41.6 Å². The molecule has 112 valence electrons. The molecule has 5 nitrogen and oxygen atoms in total. The average molecular weight is 285 g/mol. The highest BCUT2D eigenvalue weighted by molar-refractivity contribution is 5.90. The summed E-state index contributed by atoms with van der Waals surface area (Å²) in [6.45, 7) is 6.71. The lowest BCUT2D eigenvalue weighted by Crippen LogP contribution is -2.42. The van der Waals surface area contributed by atoms with Crippen LogP contribution in [-0.2, 0) is 0 Å². The molecule has 0 saturated heterocycles. The minimum Gasteiger partial charge on any atom is -0.383 e. The van der Waals surface area contributed by atoms with Crippen LogP contribution in [0.5, 0.6) is 0 Å². The summed E-state index contributed by atoms with van der Waals surface area (Å²) in [6.07, 6.45) is 6.04. The Balaban J connectivity index is 1.99. The zero-order valence-electron chi connectivity index (χ0n) is 12.9. The van der Waals surface area contributed by atoms with Crippen molar-refractivity contribution < 1.29 is 0 Å². The third kappa shape index (κ3) is 2.33. The molecule has 1 atom stereocenters. The summed E-state index contributed by atoms with van der Waals surface area (Å²) in [5.41, 5.74) is 15.7. The number of pyridine rings is 1. The first-order valence-electron chi connectivity index (χ1n) is 7.56. The topological polar surface area (TPSA) is 66.2 Å². The van der Waals surface area contributed by atoms with Gasteiger partial charge in [0.2, 0.25) is 0 Å². The second-order valence-electron chi connectivity index (χ2n) is 6.15. The number of hydrazine groups is 1. The van der Waals surface area contributed by atoms with E-state index in [2.05, 4.69) is 47.6 Å². The Bertz CT molecular complexity index is 602. The van der Waals surface area contributed by atoms with Crippen molar-refractivity contribution in [2.45, 2.75) is 39.7 Å². The zero-order valence-corrected chi connectivity index (χ0v) is 12.9. The fourth-order valence-electron chi connectivity index (χ4n) is 2.92. The first-order valence-corrected chi connectivity index (χ1v) is 7.56. The van der Waals surface area contributed by atoms with Gasteiger partial charge in [0.25, 0.3) is 0 Å². The normalized spacial score (nSPS) is 17.9. The van der Waals surface area contributed by atoms with Crippen molar-refractivity contribution in [3.8, 4) is 0 Å².